The molecule has 3 rings (SSSR count). The lowest BCUT2D eigenvalue weighted by atomic mass is 10.1. The predicted octanol–water partition coefficient (Wildman–Crippen LogP) is 3.73. The molecule has 1 heterocycles. The molecule has 1 fully saturated rings. The van der Waals surface area contributed by atoms with Crippen LogP contribution >= 0.6 is 23.8 Å². The van der Waals surface area contributed by atoms with Crippen molar-refractivity contribution < 1.29 is 9.59 Å². The summed E-state index contributed by atoms with van der Waals surface area (Å²) in [5.41, 5.74) is 1.51. The molecule has 6 heteroatoms. The molecule has 1 aliphatic heterocycles. The van der Waals surface area contributed by atoms with E-state index in [1.807, 2.05) is 36.4 Å². The fraction of sp³-hybridized carbons (Fsp3) is 0. The van der Waals surface area contributed by atoms with Gasteiger partial charge in [0, 0.05) is 5.02 Å². The Bertz CT molecular complexity index is 889. The molecule has 2 aromatic carbocycles. The number of allylic oxidation sites excluding steroid dienone is 2. The van der Waals surface area contributed by atoms with Crippen molar-refractivity contribution in [3.05, 3.63) is 82.9 Å². The molecule has 0 spiro atoms. The Balaban J connectivity index is 1.88. The van der Waals surface area contributed by atoms with Crippen LogP contribution in [0.1, 0.15) is 5.56 Å². The fourth-order valence-electron chi connectivity index (χ4n) is 2.32. The molecule has 0 bridgehead atoms. The van der Waals surface area contributed by atoms with Crippen molar-refractivity contribution in [3.8, 4) is 0 Å². The molecule has 25 heavy (non-hydrogen) atoms. The van der Waals surface area contributed by atoms with E-state index in [-0.39, 0.29) is 10.7 Å². The van der Waals surface area contributed by atoms with Gasteiger partial charge in [-0.1, -0.05) is 54.1 Å². The van der Waals surface area contributed by atoms with Crippen molar-refractivity contribution in [3.63, 3.8) is 0 Å². The summed E-state index contributed by atoms with van der Waals surface area (Å²) < 4.78 is 0. The highest BCUT2D eigenvalue weighted by atomic mass is 35.5. The second-order valence-electron chi connectivity index (χ2n) is 5.23. The van der Waals surface area contributed by atoms with Crippen LogP contribution < -0.4 is 10.2 Å². The van der Waals surface area contributed by atoms with Crippen molar-refractivity contribution in [1.82, 2.24) is 5.32 Å². The first-order valence-electron chi connectivity index (χ1n) is 7.45. The summed E-state index contributed by atoms with van der Waals surface area (Å²) >= 11 is 11.0. The first kappa shape index (κ1) is 17.1. The highest BCUT2D eigenvalue weighted by molar-refractivity contribution is 7.80. The summed E-state index contributed by atoms with van der Waals surface area (Å²) in [7, 11) is 0. The fourth-order valence-corrected chi connectivity index (χ4v) is 2.73. The monoisotopic (exact) mass is 368 g/mol. The van der Waals surface area contributed by atoms with Crippen LogP contribution in [0.5, 0.6) is 0 Å². The Kier molecular flexibility index (Phi) is 5.07. The van der Waals surface area contributed by atoms with E-state index in [1.165, 1.54) is 11.0 Å². The molecule has 0 radical (unpaired) electrons. The zero-order valence-electron chi connectivity index (χ0n) is 13.0. The molecule has 1 N–H and O–H groups in total. The van der Waals surface area contributed by atoms with E-state index in [4.69, 9.17) is 23.8 Å². The van der Waals surface area contributed by atoms with E-state index < -0.39 is 11.8 Å². The van der Waals surface area contributed by atoms with Crippen LogP contribution in [-0.2, 0) is 9.59 Å². The van der Waals surface area contributed by atoms with Crippen LogP contribution in [0, 0.1) is 0 Å². The number of hydrogen-bond donors (Lipinski definition) is 1. The number of rotatable bonds is 3. The molecule has 0 aliphatic carbocycles. The normalized spacial score (nSPS) is 16.6. The van der Waals surface area contributed by atoms with Crippen LogP contribution in [0.3, 0.4) is 0 Å². The zero-order chi connectivity index (χ0) is 17.8. The molecule has 0 aromatic heterocycles. The summed E-state index contributed by atoms with van der Waals surface area (Å²) in [5, 5.41) is 3.12. The van der Waals surface area contributed by atoms with Crippen molar-refractivity contribution in [2.24, 2.45) is 0 Å². The summed E-state index contributed by atoms with van der Waals surface area (Å²) in [4.78, 5) is 26.1. The van der Waals surface area contributed by atoms with Crippen molar-refractivity contribution in [2.75, 3.05) is 4.90 Å². The van der Waals surface area contributed by atoms with E-state index >= 15 is 0 Å². The second kappa shape index (κ2) is 7.42. The molecule has 2 aromatic rings. The lowest BCUT2D eigenvalue weighted by Gasteiger charge is -2.28. The topological polar surface area (TPSA) is 49.4 Å². The molecule has 0 saturated carbocycles. The first-order chi connectivity index (χ1) is 12.1. The molecular weight excluding hydrogens is 356 g/mol. The number of thiocarbonyl (C=S) groups is 1. The minimum atomic E-state index is -0.516. The smallest absolute Gasteiger partial charge is 0.270 e. The summed E-state index contributed by atoms with van der Waals surface area (Å²) in [6.45, 7) is 0. The van der Waals surface area contributed by atoms with Gasteiger partial charge in [-0.05, 0) is 48.1 Å². The van der Waals surface area contributed by atoms with Gasteiger partial charge in [-0.25, -0.2) is 0 Å². The van der Waals surface area contributed by atoms with E-state index in [0.717, 1.165) is 5.56 Å². The first-order valence-corrected chi connectivity index (χ1v) is 8.23. The Morgan fingerprint density at radius 2 is 1.68 bits per heavy atom. The van der Waals surface area contributed by atoms with Gasteiger partial charge in [0.2, 0.25) is 0 Å². The molecule has 0 unspecified atom stereocenters. The van der Waals surface area contributed by atoms with E-state index in [9.17, 15) is 9.59 Å². The standard InChI is InChI=1S/C19H13ClN2O2S/c20-14-9-11-15(12-10-14)22-18(24)16(17(23)21-19(22)25)8-4-7-13-5-2-1-3-6-13/h1-12H,(H,21,23,25)/b7-4+,16-8+. The van der Waals surface area contributed by atoms with Gasteiger partial charge < -0.3 is 0 Å². The van der Waals surface area contributed by atoms with Crippen molar-refractivity contribution in [2.45, 2.75) is 0 Å². The average molecular weight is 369 g/mol. The Hall–Kier alpha value is -2.76. The minimum absolute atomic E-state index is 0.00994. The molecule has 1 aliphatic rings. The predicted molar refractivity (Wildman–Crippen MR) is 103 cm³/mol. The number of anilines is 1. The van der Waals surface area contributed by atoms with Crippen LogP contribution in [-0.4, -0.2) is 16.9 Å². The number of benzene rings is 2. The van der Waals surface area contributed by atoms with E-state index in [2.05, 4.69) is 5.32 Å². The number of carbonyl (C=O) groups is 2. The second-order valence-corrected chi connectivity index (χ2v) is 6.05. The summed E-state index contributed by atoms with van der Waals surface area (Å²) in [5.74, 6) is -0.994. The summed E-state index contributed by atoms with van der Waals surface area (Å²) in [6.07, 6.45) is 4.96. The van der Waals surface area contributed by atoms with Gasteiger partial charge in [0.1, 0.15) is 5.57 Å². The highest BCUT2D eigenvalue weighted by Crippen LogP contribution is 2.22. The third kappa shape index (κ3) is 3.84. The largest absolute Gasteiger partial charge is 0.298 e. The molecule has 124 valence electrons. The minimum Gasteiger partial charge on any atom is -0.298 e. The van der Waals surface area contributed by atoms with Crippen LogP contribution in [0.25, 0.3) is 6.08 Å². The molecule has 1 saturated heterocycles. The molecule has 2 amide bonds. The average Bonchev–Trinajstić information content (AvgIpc) is 2.60. The number of amides is 2. The van der Waals surface area contributed by atoms with Crippen LogP contribution in [0.4, 0.5) is 5.69 Å². The van der Waals surface area contributed by atoms with E-state index in [1.54, 1.807) is 30.3 Å². The highest BCUT2D eigenvalue weighted by Gasteiger charge is 2.33. The Labute approximate surface area is 155 Å². The van der Waals surface area contributed by atoms with Crippen LogP contribution in [0.15, 0.2) is 72.3 Å². The zero-order valence-corrected chi connectivity index (χ0v) is 14.6. The maximum atomic E-state index is 12.7. The van der Waals surface area contributed by atoms with Gasteiger partial charge >= 0.3 is 0 Å². The van der Waals surface area contributed by atoms with Gasteiger partial charge in [-0.2, -0.15) is 0 Å². The Morgan fingerprint density at radius 3 is 2.36 bits per heavy atom. The molecule has 0 atom stereocenters. The van der Waals surface area contributed by atoms with Gasteiger partial charge in [-0.15, -0.1) is 0 Å². The lowest BCUT2D eigenvalue weighted by molar-refractivity contribution is -0.122. The number of hydrogen-bond acceptors (Lipinski definition) is 3. The van der Waals surface area contributed by atoms with Gasteiger partial charge in [0.15, 0.2) is 5.11 Å². The number of halogens is 1. The molecule has 4 nitrogen and oxygen atoms in total. The maximum Gasteiger partial charge on any atom is 0.270 e. The van der Waals surface area contributed by atoms with Gasteiger partial charge in [0.25, 0.3) is 11.8 Å². The molecular formula is C19H13ClN2O2S. The van der Waals surface area contributed by atoms with Gasteiger partial charge in [0.05, 0.1) is 5.69 Å². The quantitative estimate of drug-likeness (QED) is 0.510. The van der Waals surface area contributed by atoms with E-state index in [0.29, 0.717) is 10.7 Å². The van der Waals surface area contributed by atoms with Crippen LogP contribution in [0.2, 0.25) is 5.02 Å². The SMILES string of the molecule is O=C1NC(=S)N(c2ccc(Cl)cc2)C(=O)/C1=C/C=C/c1ccccc1. The van der Waals surface area contributed by atoms with Gasteiger partial charge in [-0.3, -0.25) is 19.8 Å². The number of carbonyl (C=O) groups excluding carboxylic acids is 2. The third-order valence-corrected chi connectivity index (χ3v) is 4.07. The van der Waals surface area contributed by atoms with Crippen molar-refractivity contribution >= 4 is 52.5 Å². The summed E-state index contributed by atoms with van der Waals surface area (Å²) in [6, 6.07) is 16.2. The van der Waals surface area contributed by atoms with Crippen molar-refractivity contribution in [1.29, 1.82) is 0 Å². The third-order valence-electron chi connectivity index (χ3n) is 3.54. The number of nitrogens with zero attached hydrogens (tertiary/aromatic N) is 1. The lowest BCUT2D eigenvalue weighted by Crippen LogP contribution is -2.54. The Morgan fingerprint density at radius 1 is 1.00 bits per heavy atom. The number of nitrogens with one attached hydrogen (secondary N) is 1. The maximum absolute atomic E-state index is 12.7.